The van der Waals surface area contributed by atoms with E-state index in [9.17, 15) is 13.6 Å². The molecule has 2 rings (SSSR count). The van der Waals surface area contributed by atoms with Crippen LogP contribution in [0.5, 0.6) is 0 Å². The Bertz CT molecular complexity index is 713. The zero-order valence-corrected chi connectivity index (χ0v) is 11.3. The summed E-state index contributed by atoms with van der Waals surface area (Å²) in [7, 11) is 0. The van der Waals surface area contributed by atoms with E-state index in [0.717, 1.165) is 12.5 Å². The molecule has 6 heteroatoms. The number of imidazole rings is 1. The number of alkyl halides is 1. The maximum Gasteiger partial charge on any atom is 0.337 e. The summed E-state index contributed by atoms with van der Waals surface area (Å²) in [5, 5.41) is 9.16. The highest BCUT2D eigenvalue weighted by Gasteiger charge is 2.20. The number of carbonyl (C=O) groups is 1. The minimum Gasteiger partial charge on any atom is -0.478 e. The van der Waals surface area contributed by atoms with Crippen LogP contribution in [0.4, 0.5) is 8.78 Å². The second-order valence-electron chi connectivity index (χ2n) is 4.66. The summed E-state index contributed by atoms with van der Waals surface area (Å²) in [6.07, 6.45) is -1.55. The Labute approximate surface area is 114 Å². The number of nitrogens with one attached hydrogen (secondary N) is 1. The third-order valence-electron chi connectivity index (χ3n) is 2.99. The molecule has 20 heavy (non-hydrogen) atoms. The topological polar surface area (TPSA) is 66.0 Å². The molecule has 0 saturated carbocycles. The van der Waals surface area contributed by atoms with Crippen LogP contribution < -0.4 is 0 Å². The first-order valence-corrected chi connectivity index (χ1v) is 6.05. The lowest BCUT2D eigenvalue weighted by molar-refractivity contribution is 0.0698. The van der Waals surface area contributed by atoms with Crippen molar-refractivity contribution < 1.29 is 18.7 Å². The number of aryl methyl sites for hydroxylation is 1. The molecular formula is C14H14F2N2O2. The van der Waals surface area contributed by atoms with E-state index in [1.165, 1.54) is 13.0 Å². The van der Waals surface area contributed by atoms with Crippen molar-refractivity contribution in [3.05, 3.63) is 34.9 Å². The van der Waals surface area contributed by atoms with Crippen LogP contribution in [0.2, 0.25) is 0 Å². The van der Waals surface area contributed by atoms with Gasteiger partial charge in [0.15, 0.2) is 0 Å². The molecule has 0 aliphatic heterocycles. The zero-order chi connectivity index (χ0) is 15.0. The van der Waals surface area contributed by atoms with Crippen molar-refractivity contribution in [2.24, 2.45) is 0 Å². The van der Waals surface area contributed by atoms with Crippen molar-refractivity contribution in [1.82, 2.24) is 9.97 Å². The van der Waals surface area contributed by atoms with Gasteiger partial charge in [-0.1, -0.05) is 0 Å². The number of benzene rings is 1. The van der Waals surface area contributed by atoms with Crippen molar-refractivity contribution in [2.45, 2.75) is 26.9 Å². The Morgan fingerprint density at radius 2 is 2.10 bits per heavy atom. The molecule has 1 atom stereocenters. The Morgan fingerprint density at radius 1 is 1.45 bits per heavy atom. The van der Waals surface area contributed by atoms with Crippen molar-refractivity contribution in [1.29, 1.82) is 0 Å². The monoisotopic (exact) mass is 280 g/mol. The normalized spacial score (nSPS) is 14.2. The molecule has 2 aromatic rings. The van der Waals surface area contributed by atoms with Gasteiger partial charge in [0.1, 0.15) is 23.3 Å². The van der Waals surface area contributed by atoms with Crippen LogP contribution in [0.15, 0.2) is 18.0 Å². The number of halogens is 2. The SMILES string of the molecule is CC(F)=C(c1nc2c(C(=O)O)cc(C)cc2[nH]1)C(C)F. The number of allylic oxidation sites excluding steroid dienone is 2. The van der Waals surface area contributed by atoms with Crippen molar-refractivity contribution in [3.8, 4) is 0 Å². The number of aromatic amines is 1. The maximum atomic E-state index is 13.5. The zero-order valence-electron chi connectivity index (χ0n) is 11.3. The van der Waals surface area contributed by atoms with Gasteiger partial charge in [0.05, 0.1) is 16.7 Å². The molecule has 1 aromatic carbocycles. The van der Waals surface area contributed by atoms with Gasteiger partial charge in [-0.3, -0.25) is 0 Å². The maximum absolute atomic E-state index is 13.5. The molecule has 0 aliphatic carbocycles. The van der Waals surface area contributed by atoms with Gasteiger partial charge in [-0.25, -0.2) is 18.6 Å². The van der Waals surface area contributed by atoms with Gasteiger partial charge in [0.2, 0.25) is 0 Å². The summed E-state index contributed by atoms with van der Waals surface area (Å²) in [5.74, 6) is -1.80. The molecule has 0 fully saturated rings. The van der Waals surface area contributed by atoms with E-state index in [2.05, 4.69) is 9.97 Å². The summed E-state index contributed by atoms with van der Waals surface area (Å²) >= 11 is 0. The summed E-state index contributed by atoms with van der Waals surface area (Å²) in [4.78, 5) is 18.0. The second kappa shape index (κ2) is 5.03. The molecule has 0 amide bonds. The van der Waals surface area contributed by atoms with Gasteiger partial charge in [0, 0.05) is 0 Å². The Balaban J connectivity index is 2.74. The molecule has 2 N–H and O–H groups in total. The van der Waals surface area contributed by atoms with Crippen LogP contribution in [0, 0.1) is 6.92 Å². The van der Waals surface area contributed by atoms with E-state index < -0.39 is 18.0 Å². The molecule has 4 nitrogen and oxygen atoms in total. The minimum absolute atomic E-state index is 0.00451. The number of aromatic nitrogens is 2. The van der Waals surface area contributed by atoms with Crippen LogP contribution in [0.3, 0.4) is 0 Å². The molecule has 0 bridgehead atoms. The second-order valence-corrected chi connectivity index (χ2v) is 4.66. The number of carboxylic acid groups (broad SMARTS) is 1. The molecular weight excluding hydrogens is 266 g/mol. The number of rotatable bonds is 3. The van der Waals surface area contributed by atoms with Crippen molar-refractivity contribution >= 4 is 22.6 Å². The van der Waals surface area contributed by atoms with E-state index in [-0.39, 0.29) is 22.5 Å². The number of hydrogen-bond donors (Lipinski definition) is 2. The minimum atomic E-state index is -1.55. The van der Waals surface area contributed by atoms with Gasteiger partial charge in [-0.05, 0) is 38.5 Å². The van der Waals surface area contributed by atoms with E-state index in [1.54, 1.807) is 13.0 Å². The van der Waals surface area contributed by atoms with Crippen LogP contribution >= 0.6 is 0 Å². The quantitative estimate of drug-likeness (QED) is 0.902. The number of fused-ring (bicyclic) bond motifs is 1. The Kier molecular flexibility index (Phi) is 3.57. The molecule has 0 saturated heterocycles. The van der Waals surface area contributed by atoms with Crippen LogP contribution in [-0.2, 0) is 0 Å². The summed E-state index contributed by atoms with van der Waals surface area (Å²) in [6.45, 7) is 4.08. The molecule has 1 unspecified atom stereocenters. The standard InChI is InChI=1S/C14H14F2N2O2/c1-6-4-9(14(19)20)12-10(5-6)17-13(18-12)11(7(2)15)8(3)16/h4-5,7H,1-3H3,(H,17,18)(H,19,20). The number of carboxylic acids is 1. The number of nitrogens with zero attached hydrogens (tertiary/aromatic N) is 1. The predicted molar refractivity (Wildman–Crippen MR) is 72.1 cm³/mol. The molecule has 106 valence electrons. The number of aromatic carboxylic acids is 1. The van der Waals surface area contributed by atoms with E-state index in [4.69, 9.17) is 5.11 Å². The van der Waals surface area contributed by atoms with E-state index in [0.29, 0.717) is 5.52 Å². The average Bonchev–Trinajstić information content (AvgIpc) is 2.69. The van der Waals surface area contributed by atoms with Gasteiger partial charge in [0.25, 0.3) is 0 Å². The largest absolute Gasteiger partial charge is 0.478 e. The third kappa shape index (κ3) is 2.41. The molecule has 0 aliphatic rings. The Hall–Kier alpha value is -2.24. The van der Waals surface area contributed by atoms with Crippen LogP contribution in [0.25, 0.3) is 16.6 Å². The van der Waals surface area contributed by atoms with Gasteiger partial charge in [-0.15, -0.1) is 0 Å². The first kappa shape index (κ1) is 14.2. The first-order chi connectivity index (χ1) is 9.31. The van der Waals surface area contributed by atoms with Gasteiger partial charge < -0.3 is 10.1 Å². The lowest BCUT2D eigenvalue weighted by Gasteiger charge is -2.05. The van der Waals surface area contributed by atoms with Gasteiger partial charge >= 0.3 is 5.97 Å². The fourth-order valence-corrected chi connectivity index (χ4v) is 2.18. The van der Waals surface area contributed by atoms with Crippen molar-refractivity contribution in [2.75, 3.05) is 0 Å². The molecule has 0 spiro atoms. The molecule has 1 heterocycles. The average molecular weight is 280 g/mol. The lowest BCUT2D eigenvalue weighted by atomic mass is 10.1. The highest BCUT2D eigenvalue weighted by Crippen LogP contribution is 2.27. The van der Waals surface area contributed by atoms with E-state index in [1.807, 2.05) is 0 Å². The first-order valence-electron chi connectivity index (χ1n) is 6.05. The van der Waals surface area contributed by atoms with Gasteiger partial charge in [-0.2, -0.15) is 0 Å². The highest BCUT2D eigenvalue weighted by atomic mass is 19.1. The third-order valence-corrected chi connectivity index (χ3v) is 2.99. The fourth-order valence-electron chi connectivity index (χ4n) is 2.18. The Morgan fingerprint density at radius 3 is 2.60 bits per heavy atom. The predicted octanol–water partition coefficient (Wildman–Crippen LogP) is 3.63. The highest BCUT2D eigenvalue weighted by molar-refractivity contribution is 6.01. The summed E-state index contributed by atoms with van der Waals surface area (Å²) < 4.78 is 26.9. The van der Waals surface area contributed by atoms with Crippen LogP contribution in [-0.4, -0.2) is 27.2 Å². The lowest BCUT2D eigenvalue weighted by Crippen LogP contribution is -2.02. The molecule has 0 radical (unpaired) electrons. The molecule has 1 aromatic heterocycles. The number of hydrogen-bond acceptors (Lipinski definition) is 2. The van der Waals surface area contributed by atoms with Crippen LogP contribution in [0.1, 0.15) is 35.6 Å². The smallest absolute Gasteiger partial charge is 0.337 e. The fraction of sp³-hybridized carbons (Fsp3) is 0.286. The number of H-pyrrole nitrogens is 1. The summed E-state index contributed by atoms with van der Waals surface area (Å²) in [5.41, 5.74) is 1.16. The van der Waals surface area contributed by atoms with E-state index >= 15 is 0 Å². The van der Waals surface area contributed by atoms with Crippen molar-refractivity contribution in [3.63, 3.8) is 0 Å². The summed E-state index contributed by atoms with van der Waals surface area (Å²) in [6, 6.07) is 3.16.